The Hall–Kier alpha value is -1.73. The standard InChI is InChI=1S/C18H20BrN3O2S/c1-11(2)9-16(23)22-8-7-14-15(10-22)25-18(20-14)21-17(24)12-5-3-4-6-13(12)19/h3-6,11H,7-10H2,1-2H3,(H,20,21,24). The maximum absolute atomic E-state index is 12.4. The molecule has 2 aromatic rings. The van der Waals surface area contributed by atoms with Crippen LogP contribution in [-0.4, -0.2) is 28.2 Å². The average Bonchev–Trinajstić information content (AvgIpc) is 2.95. The molecular weight excluding hydrogens is 402 g/mol. The molecule has 1 aliphatic heterocycles. The van der Waals surface area contributed by atoms with Crippen molar-refractivity contribution >= 4 is 44.2 Å². The number of carbonyl (C=O) groups excluding carboxylic acids is 2. The van der Waals surface area contributed by atoms with E-state index in [0.29, 0.717) is 36.1 Å². The zero-order valence-corrected chi connectivity index (χ0v) is 16.6. The number of nitrogens with one attached hydrogen (secondary N) is 1. The summed E-state index contributed by atoms with van der Waals surface area (Å²) in [5.74, 6) is 0.355. The van der Waals surface area contributed by atoms with Gasteiger partial charge in [0.25, 0.3) is 5.91 Å². The first-order valence-corrected chi connectivity index (χ1v) is 9.87. The third-order valence-corrected chi connectivity index (χ3v) is 5.70. The minimum absolute atomic E-state index is 0.188. The predicted octanol–water partition coefficient (Wildman–Crippen LogP) is 4.09. The van der Waals surface area contributed by atoms with E-state index in [-0.39, 0.29) is 11.8 Å². The molecule has 1 N–H and O–H groups in total. The van der Waals surface area contributed by atoms with Gasteiger partial charge in [0, 0.05) is 28.7 Å². The lowest BCUT2D eigenvalue weighted by atomic mass is 10.1. The van der Waals surface area contributed by atoms with Crippen molar-refractivity contribution in [1.29, 1.82) is 0 Å². The summed E-state index contributed by atoms with van der Waals surface area (Å²) in [4.78, 5) is 32.1. The zero-order valence-electron chi connectivity index (χ0n) is 14.2. The molecule has 0 bridgehead atoms. The summed E-state index contributed by atoms with van der Waals surface area (Å²) in [5, 5.41) is 3.45. The van der Waals surface area contributed by atoms with Gasteiger partial charge in [-0.3, -0.25) is 14.9 Å². The second kappa shape index (κ2) is 7.66. The molecular formula is C18H20BrN3O2S. The molecule has 0 saturated heterocycles. The highest BCUT2D eigenvalue weighted by molar-refractivity contribution is 9.10. The van der Waals surface area contributed by atoms with Gasteiger partial charge >= 0.3 is 0 Å². The van der Waals surface area contributed by atoms with Gasteiger partial charge in [-0.1, -0.05) is 37.3 Å². The fourth-order valence-corrected chi connectivity index (χ4v) is 4.23. The van der Waals surface area contributed by atoms with Crippen molar-refractivity contribution in [3.8, 4) is 0 Å². The molecule has 0 saturated carbocycles. The number of halogens is 1. The number of hydrogen-bond acceptors (Lipinski definition) is 4. The van der Waals surface area contributed by atoms with Crippen LogP contribution in [0, 0.1) is 5.92 Å². The van der Waals surface area contributed by atoms with Gasteiger partial charge < -0.3 is 4.90 Å². The van der Waals surface area contributed by atoms with Crippen LogP contribution in [0.5, 0.6) is 0 Å². The van der Waals surface area contributed by atoms with Gasteiger partial charge in [-0.15, -0.1) is 0 Å². The first-order valence-electron chi connectivity index (χ1n) is 8.26. The van der Waals surface area contributed by atoms with Gasteiger partial charge in [0.15, 0.2) is 5.13 Å². The summed E-state index contributed by atoms with van der Waals surface area (Å²) in [6, 6.07) is 7.29. The molecule has 1 aliphatic rings. The van der Waals surface area contributed by atoms with Crippen LogP contribution in [0.15, 0.2) is 28.7 Å². The minimum atomic E-state index is -0.189. The number of fused-ring (bicyclic) bond motifs is 1. The normalized spacial score (nSPS) is 13.7. The second-order valence-corrected chi connectivity index (χ2v) is 8.42. The number of aromatic nitrogens is 1. The van der Waals surface area contributed by atoms with Gasteiger partial charge in [-0.2, -0.15) is 0 Å². The highest BCUT2D eigenvalue weighted by atomic mass is 79.9. The van der Waals surface area contributed by atoms with Crippen LogP contribution in [0.4, 0.5) is 5.13 Å². The molecule has 0 fully saturated rings. The van der Waals surface area contributed by atoms with Crippen molar-refractivity contribution in [2.24, 2.45) is 5.92 Å². The maximum Gasteiger partial charge on any atom is 0.258 e. The van der Waals surface area contributed by atoms with Crippen molar-refractivity contribution < 1.29 is 9.59 Å². The number of amides is 2. The largest absolute Gasteiger partial charge is 0.337 e. The van der Waals surface area contributed by atoms with Crippen LogP contribution in [0.3, 0.4) is 0 Å². The third kappa shape index (κ3) is 4.27. The van der Waals surface area contributed by atoms with E-state index < -0.39 is 0 Å². The SMILES string of the molecule is CC(C)CC(=O)N1CCc2nc(NC(=O)c3ccccc3Br)sc2C1. The van der Waals surface area contributed by atoms with Gasteiger partial charge in [-0.05, 0) is 34.0 Å². The molecule has 0 spiro atoms. The van der Waals surface area contributed by atoms with E-state index in [9.17, 15) is 9.59 Å². The molecule has 3 rings (SSSR count). The molecule has 0 radical (unpaired) electrons. The molecule has 132 valence electrons. The van der Waals surface area contributed by atoms with Crippen LogP contribution in [-0.2, 0) is 17.8 Å². The lowest BCUT2D eigenvalue weighted by Crippen LogP contribution is -2.36. The molecule has 0 atom stereocenters. The monoisotopic (exact) mass is 421 g/mol. The first-order chi connectivity index (χ1) is 11.9. The molecule has 0 aliphatic carbocycles. The summed E-state index contributed by atoms with van der Waals surface area (Å²) in [6.45, 7) is 5.38. The smallest absolute Gasteiger partial charge is 0.258 e. The number of anilines is 1. The van der Waals surface area contributed by atoms with Crippen LogP contribution < -0.4 is 5.32 Å². The van der Waals surface area contributed by atoms with E-state index in [4.69, 9.17) is 0 Å². The lowest BCUT2D eigenvalue weighted by molar-refractivity contribution is -0.132. The van der Waals surface area contributed by atoms with Crippen molar-refractivity contribution in [2.45, 2.75) is 33.2 Å². The van der Waals surface area contributed by atoms with E-state index >= 15 is 0 Å². The summed E-state index contributed by atoms with van der Waals surface area (Å²) in [6.07, 6.45) is 1.31. The van der Waals surface area contributed by atoms with Crippen molar-refractivity contribution in [1.82, 2.24) is 9.88 Å². The summed E-state index contributed by atoms with van der Waals surface area (Å²) >= 11 is 4.84. The average molecular weight is 422 g/mol. The molecule has 7 heteroatoms. The van der Waals surface area contributed by atoms with Crippen LogP contribution in [0.25, 0.3) is 0 Å². The van der Waals surface area contributed by atoms with Crippen LogP contribution >= 0.6 is 27.3 Å². The van der Waals surface area contributed by atoms with Crippen molar-refractivity contribution in [2.75, 3.05) is 11.9 Å². The Labute approximate surface area is 159 Å². The number of benzene rings is 1. The predicted molar refractivity (Wildman–Crippen MR) is 103 cm³/mol. The summed E-state index contributed by atoms with van der Waals surface area (Å²) < 4.78 is 0.749. The molecule has 1 aromatic heterocycles. The highest BCUT2D eigenvalue weighted by Crippen LogP contribution is 2.29. The molecule has 1 aromatic carbocycles. The number of rotatable bonds is 4. The highest BCUT2D eigenvalue weighted by Gasteiger charge is 2.25. The number of thiazole rings is 1. The van der Waals surface area contributed by atoms with Crippen molar-refractivity contribution in [3.05, 3.63) is 44.9 Å². The Balaban J connectivity index is 1.69. The van der Waals surface area contributed by atoms with Crippen LogP contribution in [0.2, 0.25) is 0 Å². The fourth-order valence-electron chi connectivity index (χ4n) is 2.75. The van der Waals surface area contributed by atoms with E-state index in [0.717, 1.165) is 21.5 Å². The fraction of sp³-hybridized carbons (Fsp3) is 0.389. The van der Waals surface area contributed by atoms with Crippen LogP contribution in [0.1, 0.15) is 41.2 Å². The second-order valence-electron chi connectivity index (χ2n) is 6.49. The number of nitrogens with zero attached hydrogens (tertiary/aromatic N) is 2. The number of carbonyl (C=O) groups is 2. The Kier molecular flexibility index (Phi) is 5.54. The molecule has 0 unspecified atom stereocenters. The quantitative estimate of drug-likeness (QED) is 0.808. The Morgan fingerprint density at radius 3 is 2.84 bits per heavy atom. The van der Waals surface area contributed by atoms with Gasteiger partial charge in [0.05, 0.1) is 17.8 Å². The summed E-state index contributed by atoms with van der Waals surface area (Å²) in [7, 11) is 0. The molecule has 25 heavy (non-hydrogen) atoms. The van der Waals surface area contributed by atoms with E-state index in [1.54, 1.807) is 6.07 Å². The van der Waals surface area contributed by atoms with Gasteiger partial charge in [0.1, 0.15) is 0 Å². The van der Waals surface area contributed by atoms with E-state index in [1.807, 2.05) is 23.1 Å². The zero-order chi connectivity index (χ0) is 18.0. The molecule has 2 amide bonds. The van der Waals surface area contributed by atoms with Gasteiger partial charge in [0.2, 0.25) is 5.91 Å². The number of hydrogen-bond donors (Lipinski definition) is 1. The lowest BCUT2D eigenvalue weighted by Gasteiger charge is -2.26. The molecule has 2 heterocycles. The third-order valence-electron chi connectivity index (χ3n) is 4.01. The Morgan fingerprint density at radius 1 is 1.36 bits per heavy atom. The molecule has 5 nitrogen and oxygen atoms in total. The Bertz CT molecular complexity index is 803. The first kappa shape index (κ1) is 18.1. The van der Waals surface area contributed by atoms with E-state index in [1.165, 1.54) is 11.3 Å². The summed E-state index contributed by atoms with van der Waals surface area (Å²) in [5.41, 5.74) is 1.56. The Morgan fingerprint density at radius 2 is 2.12 bits per heavy atom. The minimum Gasteiger partial charge on any atom is -0.337 e. The topological polar surface area (TPSA) is 62.3 Å². The van der Waals surface area contributed by atoms with Gasteiger partial charge in [-0.25, -0.2) is 4.98 Å². The maximum atomic E-state index is 12.4. The van der Waals surface area contributed by atoms with E-state index in [2.05, 4.69) is 40.1 Å². The van der Waals surface area contributed by atoms with Crippen molar-refractivity contribution in [3.63, 3.8) is 0 Å².